The molecule has 0 saturated carbocycles. The zero-order valence-electron chi connectivity index (χ0n) is 9.11. The molecule has 0 aliphatic heterocycles. The maximum absolute atomic E-state index is 13.0. The standard InChI is InChI=1S/C11H10FN5/c1-17-5-4-10(16-17)15-11-13-8-3-2-7(12)6-9(8)14-11/h2-6H,1H3,(H2,13,14,15,16). The van der Waals surface area contributed by atoms with Gasteiger partial charge in [-0.25, -0.2) is 9.37 Å². The molecule has 1 aromatic carbocycles. The number of hydrogen-bond acceptors (Lipinski definition) is 3. The van der Waals surface area contributed by atoms with Crippen LogP contribution in [0.5, 0.6) is 0 Å². The number of fused-ring (bicyclic) bond motifs is 1. The Morgan fingerprint density at radius 3 is 3.00 bits per heavy atom. The molecule has 0 aliphatic carbocycles. The van der Waals surface area contributed by atoms with E-state index in [4.69, 9.17) is 0 Å². The Kier molecular flexibility index (Phi) is 2.07. The summed E-state index contributed by atoms with van der Waals surface area (Å²) >= 11 is 0. The van der Waals surface area contributed by atoms with Gasteiger partial charge in [-0.3, -0.25) is 4.68 Å². The van der Waals surface area contributed by atoms with Gasteiger partial charge in [0.2, 0.25) is 5.95 Å². The van der Waals surface area contributed by atoms with Gasteiger partial charge in [-0.1, -0.05) is 0 Å². The van der Waals surface area contributed by atoms with Crippen molar-refractivity contribution in [3.05, 3.63) is 36.3 Å². The summed E-state index contributed by atoms with van der Waals surface area (Å²) in [4.78, 5) is 7.26. The maximum atomic E-state index is 13.0. The molecule has 0 unspecified atom stereocenters. The second-order valence-electron chi connectivity index (χ2n) is 3.75. The van der Waals surface area contributed by atoms with Gasteiger partial charge in [-0.2, -0.15) is 5.10 Å². The average Bonchev–Trinajstić information content (AvgIpc) is 2.84. The van der Waals surface area contributed by atoms with Gasteiger partial charge in [0.25, 0.3) is 0 Å². The van der Waals surface area contributed by atoms with E-state index < -0.39 is 0 Å². The third-order valence-corrected chi connectivity index (χ3v) is 2.40. The lowest BCUT2D eigenvalue weighted by atomic mass is 10.3. The first-order chi connectivity index (χ1) is 8.20. The van der Waals surface area contributed by atoms with Crippen molar-refractivity contribution in [1.82, 2.24) is 19.7 Å². The summed E-state index contributed by atoms with van der Waals surface area (Å²) in [5, 5.41) is 7.18. The van der Waals surface area contributed by atoms with E-state index >= 15 is 0 Å². The number of aryl methyl sites for hydroxylation is 1. The van der Waals surface area contributed by atoms with Crippen LogP contribution >= 0.6 is 0 Å². The van der Waals surface area contributed by atoms with Crippen molar-refractivity contribution in [3.63, 3.8) is 0 Å². The normalized spacial score (nSPS) is 10.9. The number of aromatic nitrogens is 4. The summed E-state index contributed by atoms with van der Waals surface area (Å²) in [6, 6.07) is 6.25. The van der Waals surface area contributed by atoms with Gasteiger partial charge in [-0.05, 0) is 18.2 Å². The highest BCUT2D eigenvalue weighted by Crippen LogP contribution is 2.17. The molecular formula is C11H10FN5. The van der Waals surface area contributed by atoms with Crippen molar-refractivity contribution in [3.8, 4) is 0 Å². The first-order valence-corrected chi connectivity index (χ1v) is 5.13. The molecule has 0 bridgehead atoms. The van der Waals surface area contributed by atoms with Crippen molar-refractivity contribution < 1.29 is 4.39 Å². The molecular weight excluding hydrogens is 221 g/mol. The summed E-state index contributed by atoms with van der Waals surface area (Å²) < 4.78 is 14.7. The van der Waals surface area contributed by atoms with Crippen molar-refractivity contribution in [2.45, 2.75) is 0 Å². The molecule has 0 saturated heterocycles. The number of hydrogen-bond donors (Lipinski definition) is 2. The van der Waals surface area contributed by atoms with Gasteiger partial charge in [0.1, 0.15) is 5.82 Å². The third-order valence-electron chi connectivity index (χ3n) is 2.40. The van der Waals surface area contributed by atoms with E-state index in [0.29, 0.717) is 22.8 Å². The van der Waals surface area contributed by atoms with E-state index in [1.807, 2.05) is 19.3 Å². The van der Waals surface area contributed by atoms with E-state index in [1.165, 1.54) is 12.1 Å². The van der Waals surface area contributed by atoms with Gasteiger partial charge in [0, 0.05) is 19.3 Å². The molecule has 5 nitrogen and oxygen atoms in total. The van der Waals surface area contributed by atoms with Crippen LogP contribution in [0.1, 0.15) is 0 Å². The van der Waals surface area contributed by atoms with E-state index in [-0.39, 0.29) is 5.82 Å². The lowest BCUT2D eigenvalue weighted by Gasteiger charge is -1.95. The Morgan fingerprint density at radius 1 is 1.35 bits per heavy atom. The van der Waals surface area contributed by atoms with Crippen LogP contribution in [0, 0.1) is 5.82 Å². The van der Waals surface area contributed by atoms with E-state index in [0.717, 1.165) is 0 Å². The van der Waals surface area contributed by atoms with Crippen LogP contribution in [0.3, 0.4) is 0 Å². The van der Waals surface area contributed by atoms with Gasteiger partial charge in [-0.15, -0.1) is 0 Å². The number of imidazole rings is 1. The Labute approximate surface area is 96.3 Å². The smallest absolute Gasteiger partial charge is 0.206 e. The number of H-pyrrole nitrogens is 1. The van der Waals surface area contributed by atoms with E-state index in [1.54, 1.807) is 10.7 Å². The molecule has 0 fully saturated rings. The fourth-order valence-corrected chi connectivity index (χ4v) is 1.64. The zero-order valence-corrected chi connectivity index (χ0v) is 9.11. The molecule has 0 radical (unpaired) electrons. The molecule has 6 heteroatoms. The van der Waals surface area contributed by atoms with Crippen LogP contribution in [0.2, 0.25) is 0 Å². The highest BCUT2D eigenvalue weighted by molar-refractivity contribution is 5.78. The van der Waals surface area contributed by atoms with Crippen LogP contribution in [-0.4, -0.2) is 19.7 Å². The topological polar surface area (TPSA) is 58.5 Å². The number of rotatable bonds is 2. The van der Waals surface area contributed by atoms with Gasteiger partial charge >= 0.3 is 0 Å². The van der Waals surface area contributed by atoms with Crippen molar-refractivity contribution >= 4 is 22.8 Å². The fourth-order valence-electron chi connectivity index (χ4n) is 1.64. The van der Waals surface area contributed by atoms with Gasteiger partial charge in [0.15, 0.2) is 5.82 Å². The first kappa shape index (κ1) is 9.83. The molecule has 2 aromatic heterocycles. The van der Waals surface area contributed by atoms with Crippen LogP contribution in [0.4, 0.5) is 16.2 Å². The lowest BCUT2D eigenvalue weighted by Crippen LogP contribution is -1.94. The number of benzene rings is 1. The molecule has 0 aliphatic rings. The van der Waals surface area contributed by atoms with E-state index in [9.17, 15) is 4.39 Å². The Balaban J connectivity index is 1.95. The maximum Gasteiger partial charge on any atom is 0.206 e. The van der Waals surface area contributed by atoms with Crippen molar-refractivity contribution in [1.29, 1.82) is 0 Å². The quantitative estimate of drug-likeness (QED) is 0.710. The van der Waals surface area contributed by atoms with Gasteiger partial charge in [0.05, 0.1) is 11.0 Å². The molecule has 0 atom stereocenters. The summed E-state index contributed by atoms with van der Waals surface area (Å²) in [5.74, 6) is 0.946. The monoisotopic (exact) mass is 231 g/mol. The molecule has 3 aromatic rings. The largest absolute Gasteiger partial charge is 0.324 e. The zero-order chi connectivity index (χ0) is 11.8. The summed E-state index contributed by atoms with van der Waals surface area (Å²) in [5.41, 5.74) is 1.37. The minimum Gasteiger partial charge on any atom is -0.324 e. The molecule has 2 N–H and O–H groups in total. The van der Waals surface area contributed by atoms with Crippen molar-refractivity contribution in [2.75, 3.05) is 5.32 Å². The Morgan fingerprint density at radius 2 is 2.24 bits per heavy atom. The summed E-state index contributed by atoms with van der Waals surface area (Å²) in [6.45, 7) is 0. The summed E-state index contributed by atoms with van der Waals surface area (Å²) in [7, 11) is 1.83. The predicted octanol–water partition coefficient (Wildman–Crippen LogP) is 2.18. The van der Waals surface area contributed by atoms with E-state index in [2.05, 4.69) is 20.4 Å². The highest BCUT2D eigenvalue weighted by atomic mass is 19.1. The van der Waals surface area contributed by atoms with Crippen LogP contribution in [0.15, 0.2) is 30.5 Å². The number of anilines is 2. The molecule has 86 valence electrons. The Bertz CT molecular complexity index is 669. The second-order valence-corrected chi connectivity index (χ2v) is 3.75. The summed E-state index contributed by atoms with van der Waals surface area (Å²) in [6.07, 6.45) is 1.82. The first-order valence-electron chi connectivity index (χ1n) is 5.13. The molecule has 17 heavy (non-hydrogen) atoms. The minimum atomic E-state index is -0.287. The third kappa shape index (κ3) is 1.84. The SMILES string of the molecule is Cn1ccc(Nc2nc3ccc(F)cc3[nH]2)n1. The van der Waals surface area contributed by atoms with Crippen LogP contribution in [-0.2, 0) is 7.05 Å². The van der Waals surface area contributed by atoms with Gasteiger partial charge < -0.3 is 10.3 Å². The Hall–Kier alpha value is -2.37. The van der Waals surface area contributed by atoms with Crippen molar-refractivity contribution in [2.24, 2.45) is 7.05 Å². The second kappa shape index (κ2) is 3.58. The fraction of sp³-hybridized carbons (Fsp3) is 0.0909. The average molecular weight is 231 g/mol. The molecule has 0 amide bonds. The number of nitrogens with zero attached hydrogens (tertiary/aromatic N) is 3. The molecule has 3 rings (SSSR count). The highest BCUT2D eigenvalue weighted by Gasteiger charge is 2.04. The number of nitrogens with one attached hydrogen (secondary N) is 2. The van der Waals surface area contributed by atoms with Crippen LogP contribution < -0.4 is 5.32 Å². The number of aromatic amines is 1. The molecule has 0 spiro atoms. The minimum absolute atomic E-state index is 0.287. The van der Waals surface area contributed by atoms with Crippen LogP contribution in [0.25, 0.3) is 11.0 Å². The molecule has 2 heterocycles. The predicted molar refractivity (Wildman–Crippen MR) is 62.5 cm³/mol. The lowest BCUT2D eigenvalue weighted by molar-refractivity contribution is 0.629. The number of halogens is 1.